The first-order valence-electron chi connectivity index (χ1n) is 20.5. The van der Waals surface area contributed by atoms with Gasteiger partial charge in [-0.25, -0.2) is 4.57 Å². The highest BCUT2D eigenvalue weighted by Gasteiger charge is 2.27. The Balaban J connectivity index is 4.20. The highest BCUT2D eigenvalue weighted by molar-refractivity contribution is 7.47. The number of nitrogens with one attached hydrogen (secondary N) is 1. The minimum absolute atomic E-state index is 0.0574. The maximum absolute atomic E-state index is 12.8. The number of nitrogens with zero attached hydrogens (tertiary/aromatic N) is 1. The van der Waals surface area contributed by atoms with Crippen LogP contribution in [-0.4, -0.2) is 73.4 Å². The Morgan fingerprint density at radius 1 is 0.667 bits per heavy atom. The molecule has 0 aromatic carbocycles. The molecule has 8 nitrogen and oxygen atoms in total. The van der Waals surface area contributed by atoms with Crippen LogP contribution in [0.1, 0.15) is 162 Å². The number of phosphoric acid groups is 1. The van der Waals surface area contributed by atoms with Crippen molar-refractivity contribution in [1.29, 1.82) is 0 Å². The second-order valence-electron chi connectivity index (χ2n) is 15.0. The summed E-state index contributed by atoms with van der Waals surface area (Å²) >= 11 is 0. The molecular formula is C42H80N2O6P+. The second-order valence-corrected chi connectivity index (χ2v) is 16.5. The van der Waals surface area contributed by atoms with Crippen molar-refractivity contribution >= 4 is 13.7 Å². The molecule has 0 saturated carbocycles. The van der Waals surface area contributed by atoms with Crippen LogP contribution in [0.15, 0.2) is 48.6 Å². The number of rotatable bonds is 36. The van der Waals surface area contributed by atoms with Crippen LogP contribution >= 0.6 is 7.82 Å². The minimum atomic E-state index is -4.32. The Morgan fingerprint density at radius 3 is 1.65 bits per heavy atom. The maximum Gasteiger partial charge on any atom is 0.472 e. The van der Waals surface area contributed by atoms with Gasteiger partial charge in [-0.2, -0.15) is 0 Å². The molecule has 0 aromatic rings. The van der Waals surface area contributed by atoms with Crippen molar-refractivity contribution in [2.75, 3.05) is 40.9 Å². The average Bonchev–Trinajstić information content (AvgIpc) is 3.07. The van der Waals surface area contributed by atoms with Crippen LogP contribution in [-0.2, 0) is 18.4 Å². The van der Waals surface area contributed by atoms with Gasteiger partial charge in [0.1, 0.15) is 13.2 Å². The number of carbonyl (C=O) groups is 1. The number of carbonyl (C=O) groups excluding carboxylic acids is 1. The van der Waals surface area contributed by atoms with E-state index in [2.05, 4.69) is 55.6 Å². The number of aliphatic hydroxyl groups excluding tert-OH is 1. The Kier molecular flexibility index (Phi) is 33.2. The van der Waals surface area contributed by atoms with Gasteiger partial charge in [0.05, 0.1) is 39.9 Å². The summed E-state index contributed by atoms with van der Waals surface area (Å²) in [5.41, 5.74) is 0. The van der Waals surface area contributed by atoms with Crippen molar-refractivity contribution in [3.63, 3.8) is 0 Å². The molecule has 0 spiro atoms. The maximum atomic E-state index is 12.8. The number of aliphatic hydroxyl groups is 1. The first-order valence-corrected chi connectivity index (χ1v) is 22.0. The first kappa shape index (κ1) is 49.5. The fraction of sp³-hybridized carbons (Fsp3) is 0.786. The number of allylic oxidation sites excluding steroid dienone is 7. The van der Waals surface area contributed by atoms with Crippen molar-refractivity contribution in [2.45, 2.75) is 174 Å². The number of quaternary nitrogens is 1. The lowest BCUT2D eigenvalue weighted by atomic mass is 10.1. The van der Waals surface area contributed by atoms with E-state index in [1.54, 1.807) is 6.08 Å². The van der Waals surface area contributed by atoms with Crippen LogP contribution in [0.25, 0.3) is 0 Å². The van der Waals surface area contributed by atoms with Gasteiger partial charge < -0.3 is 19.8 Å². The average molecular weight is 740 g/mol. The number of phosphoric ester groups is 1. The third-order valence-electron chi connectivity index (χ3n) is 8.79. The van der Waals surface area contributed by atoms with Crippen molar-refractivity contribution in [3.8, 4) is 0 Å². The second kappa shape index (κ2) is 34.2. The van der Waals surface area contributed by atoms with E-state index in [0.29, 0.717) is 17.4 Å². The number of hydrogen-bond acceptors (Lipinski definition) is 5. The summed E-state index contributed by atoms with van der Waals surface area (Å²) in [5.74, 6) is -0.193. The van der Waals surface area contributed by atoms with Crippen LogP contribution in [0.5, 0.6) is 0 Å². The van der Waals surface area contributed by atoms with Gasteiger partial charge in [0, 0.05) is 6.42 Å². The zero-order chi connectivity index (χ0) is 37.9. The normalized spacial score (nSPS) is 15.0. The summed E-state index contributed by atoms with van der Waals surface area (Å²) in [6, 6.07) is -0.847. The van der Waals surface area contributed by atoms with E-state index < -0.39 is 20.0 Å². The van der Waals surface area contributed by atoms with E-state index in [9.17, 15) is 19.4 Å². The van der Waals surface area contributed by atoms with Gasteiger partial charge in [0.15, 0.2) is 0 Å². The zero-order valence-electron chi connectivity index (χ0n) is 33.6. The van der Waals surface area contributed by atoms with Gasteiger partial charge in [0.2, 0.25) is 5.91 Å². The summed E-state index contributed by atoms with van der Waals surface area (Å²) in [4.78, 5) is 22.9. The van der Waals surface area contributed by atoms with Gasteiger partial charge in [-0.3, -0.25) is 13.8 Å². The molecule has 1 amide bonds. The van der Waals surface area contributed by atoms with Gasteiger partial charge in [-0.1, -0.05) is 146 Å². The smallest absolute Gasteiger partial charge is 0.387 e. The summed E-state index contributed by atoms with van der Waals surface area (Å²) in [6.45, 7) is 4.69. The molecule has 3 unspecified atom stereocenters. The van der Waals surface area contributed by atoms with Gasteiger partial charge in [-0.05, 0) is 57.8 Å². The predicted molar refractivity (Wildman–Crippen MR) is 217 cm³/mol. The molecule has 0 aliphatic heterocycles. The summed E-state index contributed by atoms with van der Waals surface area (Å²) in [6.07, 6.45) is 42.1. The van der Waals surface area contributed by atoms with Crippen LogP contribution in [0.3, 0.4) is 0 Å². The zero-order valence-corrected chi connectivity index (χ0v) is 34.5. The van der Waals surface area contributed by atoms with Crippen molar-refractivity contribution < 1.29 is 32.9 Å². The summed E-state index contributed by atoms with van der Waals surface area (Å²) < 4.78 is 23.3. The Hall–Kier alpha value is -1.54. The SMILES string of the molecule is CCCCCC/C=C/C(O)C(COP(=O)(O)OCC[N+](C)(C)C)NC(=O)CCCCCCCCCC/C=C\C/C=C\C/C=C\CCCCCCC. The van der Waals surface area contributed by atoms with Crippen molar-refractivity contribution in [1.82, 2.24) is 5.32 Å². The molecule has 0 rings (SSSR count). The Bertz CT molecular complexity index is 975. The van der Waals surface area contributed by atoms with Crippen LogP contribution < -0.4 is 5.32 Å². The third kappa shape index (κ3) is 36.6. The molecule has 0 fully saturated rings. The van der Waals surface area contributed by atoms with E-state index in [-0.39, 0.29) is 19.1 Å². The van der Waals surface area contributed by atoms with E-state index in [0.717, 1.165) is 64.2 Å². The van der Waals surface area contributed by atoms with E-state index >= 15 is 0 Å². The number of unbranched alkanes of at least 4 members (excludes halogenated alkanes) is 17. The summed E-state index contributed by atoms with van der Waals surface area (Å²) in [5, 5.41) is 13.6. The van der Waals surface area contributed by atoms with Crippen LogP contribution in [0.2, 0.25) is 0 Å². The lowest BCUT2D eigenvalue weighted by Crippen LogP contribution is -2.45. The monoisotopic (exact) mass is 740 g/mol. The molecule has 3 N–H and O–H groups in total. The van der Waals surface area contributed by atoms with Gasteiger partial charge in [-0.15, -0.1) is 0 Å². The quantitative estimate of drug-likeness (QED) is 0.0256. The molecule has 0 aliphatic rings. The Labute approximate surface area is 314 Å². The standard InChI is InChI=1S/C42H79N2O6P/c1-6-8-10-12-14-15-16-17-18-19-20-21-22-23-24-25-26-27-28-29-30-32-34-36-42(46)43-40(41(45)35-33-31-13-11-9-7-2)39-50-51(47,48)49-38-37-44(3,4)5/h16-17,19-20,22-23,33,35,40-41,45H,6-15,18,21,24-32,34,36-39H2,1-5H3,(H-,43,46,47,48)/p+1/b17-16-,20-19-,23-22-,35-33+. The lowest BCUT2D eigenvalue weighted by Gasteiger charge is -2.25. The largest absolute Gasteiger partial charge is 0.472 e. The highest BCUT2D eigenvalue weighted by Crippen LogP contribution is 2.43. The molecule has 0 aliphatic carbocycles. The van der Waals surface area contributed by atoms with Crippen LogP contribution in [0.4, 0.5) is 0 Å². The molecule has 51 heavy (non-hydrogen) atoms. The molecule has 3 atom stereocenters. The number of amides is 1. The molecule has 298 valence electrons. The molecule has 9 heteroatoms. The van der Waals surface area contributed by atoms with Crippen molar-refractivity contribution in [2.24, 2.45) is 0 Å². The fourth-order valence-electron chi connectivity index (χ4n) is 5.46. The van der Waals surface area contributed by atoms with E-state index in [4.69, 9.17) is 9.05 Å². The molecule has 0 saturated heterocycles. The van der Waals surface area contributed by atoms with Gasteiger partial charge >= 0.3 is 7.82 Å². The predicted octanol–water partition coefficient (Wildman–Crippen LogP) is 10.9. The summed E-state index contributed by atoms with van der Waals surface area (Å²) in [7, 11) is 1.55. The highest BCUT2D eigenvalue weighted by atomic mass is 31.2. The fourth-order valence-corrected chi connectivity index (χ4v) is 6.19. The topological polar surface area (TPSA) is 105 Å². The third-order valence-corrected chi connectivity index (χ3v) is 9.78. The molecule has 0 radical (unpaired) electrons. The molecule has 0 heterocycles. The number of hydrogen-bond donors (Lipinski definition) is 3. The van der Waals surface area contributed by atoms with Crippen LogP contribution in [0, 0.1) is 0 Å². The molecule has 0 aromatic heterocycles. The molecule has 0 bridgehead atoms. The molecular weight excluding hydrogens is 659 g/mol. The van der Waals surface area contributed by atoms with Gasteiger partial charge in [0.25, 0.3) is 0 Å². The van der Waals surface area contributed by atoms with E-state index in [1.165, 1.54) is 77.0 Å². The Morgan fingerprint density at radius 2 is 1.12 bits per heavy atom. The van der Waals surface area contributed by atoms with Crippen molar-refractivity contribution in [3.05, 3.63) is 48.6 Å². The lowest BCUT2D eigenvalue weighted by molar-refractivity contribution is -0.870. The minimum Gasteiger partial charge on any atom is -0.387 e. The first-order chi connectivity index (χ1) is 24.5. The van der Waals surface area contributed by atoms with E-state index in [1.807, 2.05) is 27.2 Å². The number of likely N-dealkylation sites (N-methyl/N-ethyl adjacent to an activating group) is 1.